The molecule has 0 aliphatic heterocycles. The van der Waals surface area contributed by atoms with Gasteiger partial charge in [0.25, 0.3) is 0 Å². The molecule has 8 heteroatoms. The van der Waals surface area contributed by atoms with Crippen molar-refractivity contribution in [3.63, 3.8) is 0 Å². The molecule has 0 rings (SSSR count). The van der Waals surface area contributed by atoms with Gasteiger partial charge >= 0.3 is 0 Å². The van der Waals surface area contributed by atoms with Gasteiger partial charge in [-0.1, -0.05) is 0 Å². The van der Waals surface area contributed by atoms with Gasteiger partial charge in [0.05, 0.1) is 0 Å². The van der Waals surface area contributed by atoms with Crippen LogP contribution in [0.25, 0.3) is 0 Å². The Balaban J connectivity index is 0. The second-order valence-corrected chi connectivity index (χ2v) is 0. The topological polar surface area (TPSA) is 210 Å². The molecule has 18 N–H and O–H groups in total. The zero-order valence-corrected chi connectivity index (χ0v) is 7.56. The summed E-state index contributed by atoms with van der Waals surface area (Å²) in [6, 6.07) is 0. The average Bonchev–Trinajstić information content (AvgIpc) is 0. The molecule has 8 heavy (non-hydrogen) atoms. The van der Waals surface area contributed by atoms with Gasteiger partial charge in [-0.2, -0.15) is 0 Å². The minimum absolute atomic E-state index is 0. The fourth-order valence-electron chi connectivity index (χ4n) is 0. The van der Waals surface area contributed by atoms with Crippen LogP contribution in [0, 0.1) is 0 Å². The molecule has 0 heterocycles. The molecule has 0 aromatic rings. The van der Waals surface area contributed by atoms with Gasteiger partial charge in [-0.15, -0.1) is 12.4 Å². The second-order valence-electron chi connectivity index (χ2n) is 0. The van der Waals surface area contributed by atoms with Crippen LogP contribution in [0.15, 0.2) is 0 Å². The van der Waals surface area contributed by atoms with Crippen LogP contribution in [0.2, 0.25) is 0 Å². The fraction of sp³-hybridized carbons (Fsp3) is 0. The molecular formula is H19ClN6Ru. The molecule has 0 saturated heterocycles. The molecule has 0 unspecified atom stereocenters. The van der Waals surface area contributed by atoms with Gasteiger partial charge in [0, 0.05) is 19.5 Å². The van der Waals surface area contributed by atoms with Gasteiger partial charge < -0.3 is 36.9 Å². The largest absolute Gasteiger partial charge is 0.344 e. The average molecular weight is 240 g/mol. The molecule has 0 aromatic carbocycles. The van der Waals surface area contributed by atoms with Crippen LogP contribution in [0.5, 0.6) is 0 Å². The Morgan fingerprint density at radius 1 is 0.375 bits per heavy atom. The van der Waals surface area contributed by atoms with Crippen molar-refractivity contribution in [1.82, 2.24) is 36.9 Å². The normalized spacial score (nSPS) is 0. The molecule has 0 amide bonds. The summed E-state index contributed by atoms with van der Waals surface area (Å²) in [4.78, 5) is 0. The van der Waals surface area contributed by atoms with Crippen LogP contribution in [0.1, 0.15) is 0 Å². The van der Waals surface area contributed by atoms with Gasteiger partial charge in [0.1, 0.15) is 0 Å². The first kappa shape index (κ1) is 1130. The molecule has 0 atom stereocenters. The van der Waals surface area contributed by atoms with E-state index in [0.29, 0.717) is 0 Å². The van der Waals surface area contributed by atoms with Crippen LogP contribution in [0.3, 0.4) is 0 Å². The Labute approximate surface area is 69.2 Å². The van der Waals surface area contributed by atoms with Gasteiger partial charge in [-0.25, -0.2) is 0 Å². The van der Waals surface area contributed by atoms with E-state index in [4.69, 9.17) is 0 Å². The summed E-state index contributed by atoms with van der Waals surface area (Å²) in [6.45, 7) is 0. The van der Waals surface area contributed by atoms with E-state index in [-0.39, 0.29) is 68.8 Å². The predicted octanol–water partition coefficient (Wildman–Crippen LogP) is 1.39. The summed E-state index contributed by atoms with van der Waals surface area (Å²) in [6.07, 6.45) is 0. The first-order valence-electron chi connectivity index (χ1n) is 0. The third-order valence-electron chi connectivity index (χ3n) is 0. The molecular weight excluding hydrogens is 221 g/mol. The number of rotatable bonds is 0. The van der Waals surface area contributed by atoms with E-state index in [1.807, 2.05) is 0 Å². The zero-order valence-electron chi connectivity index (χ0n) is 5.00. The van der Waals surface area contributed by atoms with Crippen LogP contribution in [0.4, 0.5) is 0 Å². The zero-order chi connectivity index (χ0) is 0. The maximum absolute atomic E-state index is 0. The first-order chi connectivity index (χ1) is 0. The Morgan fingerprint density at radius 2 is 0.375 bits per heavy atom. The minimum atomic E-state index is 0. The minimum Gasteiger partial charge on any atom is -0.344 e. The van der Waals surface area contributed by atoms with Gasteiger partial charge in [0.15, 0.2) is 0 Å². The van der Waals surface area contributed by atoms with Crippen molar-refractivity contribution < 1.29 is 19.5 Å². The quantitative estimate of drug-likeness (QED) is 0.343. The van der Waals surface area contributed by atoms with E-state index in [1.165, 1.54) is 0 Å². The molecule has 0 aliphatic carbocycles. The first-order valence-corrected chi connectivity index (χ1v) is 0. The summed E-state index contributed by atoms with van der Waals surface area (Å²) in [7, 11) is 0. The predicted molar refractivity (Wildman–Crippen MR) is 37.4 cm³/mol. The standard InChI is InChI=1S/ClH.6H3N.Ru/h1H;6*1H3;. The molecule has 0 aromatic heterocycles. The van der Waals surface area contributed by atoms with Crippen molar-refractivity contribution in [1.29, 1.82) is 0 Å². The molecule has 0 fully saturated rings. The van der Waals surface area contributed by atoms with Crippen LogP contribution in [-0.2, 0) is 19.5 Å². The SMILES string of the molecule is Cl.N.N.N.N.N.N.[Ru]. The third kappa shape index (κ3) is 474. The molecule has 64 valence electrons. The number of hydrogen-bond acceptors (Lipinski definition) is 6. The van der Waals surface area contributed by atoms with E-state index >= 15 is 0 Å². The van der Waals surface area contributed by atoms with Gasteiger partial charge in [-0.05, 0) is 0 Å². The Bertz CT molecular complexity index is 8.49. The van der Waals surface area contributed by atoms with Crippen molar-refractivity contribution in [2.24, 2.45) is 0 Å². The van der Waals surface area contributed by atoms with Crippen molar-refractivity contribution in [2.45, 2.75) is 0 Å². The molecule has 0 spiro atoms. The van der Waals surface area contributed by atoms with E-state index in [2.05, 4.69) is 0 Å². The monoisotopic (exact) mass is 240 g/mol. The Hall–Kier alpha value is 0.673. The Morgan fingerprint density at radius 3 is 0.375 bits per heavy atom. The summed E-state index contributed by atoms with van der Waals surface area (Å²) in [5.74, 6) is 0. The maximum Gasteiger partial charge on any atom is 0 e. The molecule has 6 nitrogen and oxygen atoms in total. The van der Waals surface area contributed by atoms with Crippen molar-refractivity contribution >= 4 is 12.4 Å². The van der Waals surface area contributed by atoms with Crippen molar-refractivity contribution in [3.8, 4) is 0 Å². The third-order valence-corrected chi connectivity index (χ3v) is 0. The molecule has 0 aliphatic rings. The smallest absolute Gasteiger partial charge is 0 e. The van der Waals surface area contributed by atoms with Gasteiger partial charge in [-0.3, -0.25) is 0 Å². The Kier molecular flexibility index (Phi) is 106000. The summed E-state index contributed by atoms with van der Waals surface area (Å²) < 4.78 is 0. The number of halogens is 1. The van der Waals surface area contributed by atoms with Crippen LogP contribution < -0.4 is 36.9 Å². The summed E-state index contributed by atoms with van der Waals surface area (Å²) in [5.41, 5.74) is 0. The fourth-order valence-corrected chi connectivity index (χ4v) is 0. The van der Waals surface area contributed by atoms with Crippen LogP contribution in [-0.4, -0.2) is 0 Å². The van der Waals surface area contributed by atoms with E-state index in [0.717, 1.165) is 0 Å². The van der Waals surface area contributed by atoms with Crippen molar-refractivity contribution in [2.75, 3.05) is 0 Å². The molecule has 0 saturated carbocycles. The van der Waals surface area contributed by atoms with E-state index in [1.54, 1.807) is 0 Å². The molecule has 0 bridgehead atoms. The second kappa shape index (κ2) is 754. The van der Waals surface area contributed by atoms with Gasteiger partial charge in [0.2, 0.25) is 0 Å². The summed E-state index contributed by atoms with van der Waals surface area (Å²) in [5, 5.41) is 0. The van der Waals surface area contributed by atoms with Crippen molar-refractivity contribution in [3.05, 3.63) is 0 Å². The molecule has 0 radical (unpaired) electrons. The van der Waals surface area contributed by atoms with E-state index < -0.39 is 0 Å². The van der Waals surface area contributed by atoms with E-state index in [9.17, 15) is 0 Å². The van der Waals surface area contributed by atoms with Crippen LogP contribution >= 0.6 is 12.4 Å². The maximum atomic E-state index is 0. The summed E-state index contributed by atoms with van der Waals surface area (Å²) >= 11 is 0. The number of hydrogen-bond donors (Lipinski definition) is 6.